The highest BCUT2D eigenvalue weighted by atomic mass is 35.5. The number of ether oxygens (including phenoxy) is 1. The van der Waals surface area contributed by atoms with Gasteiger partial charge >= 0.3 is 6.03 Å². The lowest BCUT2D eigenvalue weighted by atomic mass is 10.1. The summed E-state index contributed by atoms with van der Waals surface area (Å²) in [5.74, 6) is 0.680. The number of nitrogens with one attached hydrogen (secondary N) is 2. The Bertz CT molecular complexity index is 1120. The maximum atomic E-state index is 13.1. The lowest BCUT2D eigenvalue weighted by molar-refractivity contribution is 0.184. The second-order valence-electron chi connectivity index (χ2n) is 7.58. The number of pyridine rings is 1. The fourth-order valence-electron chi connectivity index (χ4n) is 4.00. The Balaban J connectivity index is 1.62. The third-order valence-electron chi connectivity index (χ3n) is 5.57. The molecule has 0 atom stereocenters. The number of rotatable bonds is 5. The topological polar surface area (TPSA) is 74.4 Å². The zero-order chi connectivity index (χ0) is 21.1. The number of anilines is 1. The number of amides is 2. The normalized spacial score (nSPS) is 14.1. The van der Waals surface area contributed by atoms with E-state index in [4.69, 9.17) is 16.3 Å². The van der Waals surface area contributed by atoms with Crippen molar-refractivity contribution in [1.82, 2.24) is 9.88 Å². The molecule has 2 aromatic carbocycles. The second-order valence-corrected chi connectivity index (χ2v) is 8.02. The monoisotopic (exact) mass is 425 g/mol. The van der Waals surface area contributed by atoms with Crippen LogP contribution in [-0.2, 0) is 6.54 Å². The van der Waals surface area contributed by atoms with Gasteiger partial charge in [0.1, 0.15) is 5.75 Å². The van der Waals surface area contributed by atoms with Crippen LogP contribution < -0.4 is 15.6 Å². The van der Waals surface area contributed by atoms with Crippen molar-refractivity contribution in [2.24, 2.45) is 0 Å². The molecule has 1 aliphatic carbocycles. The number of hydrogen-bond acceptors (Lipinski definition) is 3. The molecule has 7 heteroatoms. The number of H-pyrrole nitrogens is 1. The van der Waals surface area contributed by atoms with Crippen molar-refractivity contribution in [3.05, 3.63) is 69.5 Å². The first-order valence-corrected chi connectivity index (χ1v) is 10.4. The molecule has 0 bridgehead atoms. The van der Waals surface area contributed by atoms with Crippen LogP contribution in [-0.4, -0.2) is 29.1 Å². The molecule has 0 saturated heterocycles. The lowest BCUT2D eigenvalue weighted by Gasteiger charge is -2.29. The van der Waals surface area contributed by atoms with E-state index in [9.17, 15) is 9.59 Å². The predicted octanol–water partition coefficient (Wildman–Crippen LogP) is 5.17. The number of aromatic nitrogens is 1. The SMILES string of the molecule is COc1ccc2cc(CN(C(=O)Nc3cccc(Cl)c3)C3CCCC3)c(=O)[nH]c2c1. The van der Waals surface area contributed by atoms with Crippen LogP contribution in [0.4, 0.5) is 10.5 Å². The van der Waals surface area contributed by atoms with Crippen molar-refractivity contribution < 1.29 is 9.53 Å². The molecule has 0 aliphatic heterocycles. The van der Waals surface area contributed by atoms with Crippen LogP contribution in [0.1, 0.15) is 31.2 Å². The largest absolute Gasteiger partial charge is 0.497 e. The fourth-order valence-corrected chi connectivity index (χ4v) is 4.19. The highest BCUT2D eigenvalue weighted by molar-refractivity contribution is 6.30. The molecule has 1 aromatic heterocycles. The minimum atomic E-state index is -0.224. The van der Waals surface area contributed by atoms with Crippen molar-refractivity contribution in [1.29, 1.82) is 0 Å². The van der Waals surface area contributed by atoms with E-state index < -0.39 is 0 Å². The van der Waals surface area contributed by atoms with Crippen LogP contribution in [0.3, 0.4) is 0 Å². The fraction of sp³-hybridized carbons (Fsp3) is 0.304. The van der Waals surface area contributed by atoms with E-state index in [2.05, 4.69) is 10.3 Å². The standard InChI is InChI=1S/C23H24ClN3O3/c1-30-20-10-9-15-11-16(22(28)26-21(15)13-20)14-27(19-7-2-3-8-19)23(29)25-18-6-4-5-17(24)12-18/h4-6,9-13,19H,2-3,7-8,14H2,1H3,(H,25,29)(H,26,28). The number of nitrogens with zero attached hydrogens (tertiary/aromatic N) is 1. The molecule has 1 saturated carbocycles. The molecule has 0 radical (unpaired) electrons. The molecule has 1 aliphatic rings. The summed E-state index contributed by atoms with van der Waals surface area (Å²) in [6.45, 7) is 0.244. The van der Waals surface area contributed by atoms with E-state index in [-0.39, 0.29) is 24.2 Å². The Kier molecular flexibility index (Phi) is 5.95. The lowest BCUT2D eigenvalue weighted by Crippen LogP contribution is -2.42. The number of carbonyl (C=O) groups excluding carboxylic acids is 1. The summed E-state index contributed by atoms with van der Waals surface area (Å²) in [6, 6.07) is 14.3. The number of carbonyl (C=O) groups is 1. The van der Waals surface area contributed by atoms with Crippen LogP contribution in [0.2, 0.25) is 5.02 Å². The third kappa shape index (κ3) is 4.44. The van der Waals surface area contributed by atoms with Crippen molar-refractivity contribution in [2.45, 2.75) is 38.3 Å². The van der Waals surface area contributed by atoms with E-state index in [1.807, 2.05) is 18.2 Å². The van der Waals surface area contributed by atoms with Crippen molar-refractivity contribution in [2.75, 3.05) is 12.4 Å². The summed E-state index contributed by atoms with van der Waals surface area (Å²) in [5.41, 5.74) is 1.70. The van der Waals surface area contributed by atoms with Gasteiger partial charge in [0, 0.05) is 28.4 Å². The molecular weight excluding hydrogens is 402 g/mol. The minimum absolute atomic E-state index is 0.107. The van der Waals surface area contributed by atoms with Crippen LogP contribution in [0.25, 0.3) is 10.9 Å². The number of hydrogen-bond donors (Lipinski definition) is 2. The molecular formula is C23H24ClN3O3. The summed E-state index contributed by atoms with van der Waals surface area (Å²) in [5, 5.41) is 4.38. The summed E-state index contributed by atoms with van der Waals surface area (Å²) in [6.07, 6.45) is 4.04. The predicted molar refractivity (Wildman–Crippen MR) is 119 cm³/mol. The summed E-state index contributed by atoms with van der Waals surface area (Å²) in [7, 11) is 1.59. The van der Waals surface area contributed by atoms with Crippen molar-refractivity contribution in [3.8, 4) is 5.75 Å². The molecule has 0 spiro atoms. The van der Waals surface area contributed by atoms with Crippen molar-refractivity contribution in [3.63, 3.8) is 0 Å². The molecule has 1 fully saturated rings. The Hall–Kier alpha value is -2.99. The van der Waals surface area contributed by atoms with Gasteiger partial charge in [0.05, 0.1) is 19.2 Å². The van der Waals surface area contributed by atoms with Gasteiger partial charge in [0.25, 0.3) is 5.56 Å². The average Bonchev–Trinajstić information content (AvgIpc) is 3.26. The van der Waals surface area contributed by atoms with Crippen LogP contribution >= 0.6 is 11.6 Å². The van der Waals surface area contributed by atoms with E-state index >= 15 is 0 Å². The van der Waals surface area contributed by atoms with E-state index in [1.54, 1.807) is 42.3 Å². The molecule has 4 rings (SSSR count). The molecule has 2 N–H and O–H groups in total. The highest BCUT2D eigenvalue weighted by Gasteiger charge is 2.27. The number of methoxy groups -OCH3 is 1. The van der Waals surface area contributed by atoms with Crippen LogP contribution in [0.5, 0.6) is 5.75 Å². The van der Waals surface area contributed by atoms with E-state index in [1.165, 1.54) is 0 Å². The molecule has 30 heavy (non-hydrogen) atoms. The molecule has 0 unspecified atom stereocenters. The van der Waals surface area contributed by atoms with Gasteiger partial charge in [-0.25, -0.2) is 4.79 Å². The van der Waals surface area contributed by atoms with Gasteiger partial charge in [-0.2, -0.15) is 0 Å². The first-order valence-electron chi connectivity index (χ1n) is 10.1. The Labute approximate surface area is 179 Å². The number of aromatic amines is 1. The number of urea groups is 1. The molecule has 3 aromatic rings. The smallest absolute Gasteiger partial charge is 0.322 e. The maximum absolute atomic E-state index is 13.1. The van der Waals surface area contributed by atoms with Gasteiger partial charge in [0.2, 0.25) is 0 Å². The van der Waals surface area contributed by atoms with E-state index in [0.717, 1.165) is 31.1 Å². The quantitative estimate of drug-likeness (QED) is 0.592. The van der Waals surface area contributed by atoms with Gasteiger partial charge in [-0.05, 0) is 54.6 Å². The van der Waals surface area contributed by atoms with Gasteiger partial charge < -0.3 is 19.9 Å². The first-order chi connectivity index (χ1) is 14.5. The Morgan fingerprint density at radius 2 is 2.00 bits per heavy atom. The Morgan fingerprint density at radius 1 is 1.20 bits per heavy atom. The minimum Gasteiger partial charge on any atom is -0.497 e. The van der Waals surface area contributed by atoms with Gasteiger partial charge in [-0.3, -0.25) is 4.79 Å². The number of benzene rings is 2. The van der Waals surface area contributed by atoms with Crippen molar-refractivity contribution >= 4 is 34.2 Å². The van der Waals surface area contributed by atoms with Gasteiger partial charge in [0.15, 0.2) is 0 Å². The zero-order valence-corrected chi connectivity index (χ0v) is 17.5. The van der Waals surface area contributed by atoms with E-state index in [0.29, 0.717) is 27.5 Å². The molecule has 6 nitrogen and oxygen atoms in total. The number of fused-ring (bicyclic) bond motifs is 1. The maximum Gasteiger partial charge on any atom is 0.322 e. The zero-order valence-electron chi connectivity index (χ0n) is 16.8. The summed E-state index contributed by atoms with van der Waals surface area (Å²) in [4.78, 5) is 30.5. The number of halogens is 1. The molecule has 1 heterocycles. The summed E-state index contributed by atoms with van der Waals surface area (Å²) < 4.78 is 5.23. The third-order valence-corrected chi connectivity index (χ3v) is 5.81. The first kappa shape index (κ1) is 20.3. The van der Waals surface area contributed by atoms with Gasteiger partial charge in [-0.15, -0.1) is 0 Å². The molecule has 2 amide bonds. The Morgan fingerprint density at radius 3 is 2.73 bits per heavy atom. The van der Waals surface area contributed by atoms with Gasteiger partial charge in [-0.1, -0.05) is 30.5 Å². The highest BCUT2D eigenvalue weighted by Crippen LogP contribution is 2.26. The summed E-state index contributed by atoms with van der Waals surface area (Å²) >= 11 is 6.04. The average molecular weight is 426 g/mol. The molecule has 156 valence electrons. The second kappa shape index (κ2) is 8.79. The van der Waals surface area contributed by atoms with Crippen LogP contribution in [0.15, 0.2) is 53.3 Å². The van der Waals surface area contributed by atoms with Crippen LogP contribution in [0, 0.1) is 0 Å².